The number of benzene rings is 1. The zero-order valence-electron chi connectivity index (χ0n) is 12.8. The lowest BCUT2D eigenvalue weighted by atomic mass is 9.91. The van der Waals surface area contributed by atoms with E-state index < -0.39 is 0 Å². The molecular formula is C18H28N2O. The lowest BCUT2D eigenvalue weighted by molar-refractivity contribution is -0.00861. The zero-order chi connectivity index (χ0) is 14.5. The number of hydrogen-bond acceptors (Lipinski definition) is 3. The van der Waals surface area contributed by atoms with Crippen molar-refractivity contribution in [3.8, 4) is 0 Å². The van der Waals surface area contributed by atoms with Crippen LogP contribution in [0.5, 0.6) is 0 Å². The van der Waals surface area contributed by atoms with Crippen molar-refractivity contribution in [2.75, 3.05) is 0 Å². The quantitative estimate of drug-likeness (QED) is 0.875. The van der Waals surface area contributed by atoms with Gasteiger partial charge in [-0.05, 0) is 31.2 Å². The first-order chi connectivity index (χ1) is 10.3. The highest BCUT2D eigenvalue weighted by Crippen LogP contribution is 2.25. The second-order valence-corrected chi connectivity index (χ2v) is 6.59. The van der Waals surface area contributed by atoms with Crippen molar-refractivity contribution in [3.05, 3.63) is 35.9 Å². The molecule has 3 nitrogen and oxygen atoms in total. The van der Waals surface area contributed by atoms with Crippen LogP contribution in [0.1, 0.15) is 50.5 Å². The summed E-state index contributed by atoms with van der Waals surface area (Å²) in [7, 11) is 0. The van der Waals surface area contributed by atoms with Gasteiger partial charge in [-0.3, -0.25) is 0 Å². The van der Waals surface area contributed by atoms with Gasteiger partial charge >= 0.3 is 0 Å². The van der Waals surface area contributed by atoms with Gasteiger partial charge in [-0.15, -0.1) is 0 Å². The summed E-state index contributed by atoms with van der Waals surface area (Å²) in [6, 6.07) is 11.8. The monoisotopic (exact) mass is 288 g/mol. The summed E-state index contributed by atoms with van der Waals surface area (Å²) in [5.41, 5.74) is 7.47. The first-order valence-electron chi connectivity index (χ1n) is 8.50. The molecule has 0 saturated heterocycles. The molecule has 0 heterocycles. The van der Waals surface area contributed by atoms with Crippen LogP contribution in [0.25, 0.3) is 0 Å². The van der Waals surface area contributed by atoms with E-state index in [4.69, 9.17) is 10.5 Å². The molecule has 2 aliphatic carbocycles. The first-order valence-corrected chi connectivity index (χ1v) is 8.50. The predicted molar refractivity (Wildman–Crippen MR) is 86.0 cm³/mol. The molecule has 2 aliphatic rings. The van der Waals surface area contributed by atoms with Gasteiger partial charge in [0, 0.05) is 18.1 Å². The third-order valence-corrected chi connectivity index (χ3v) is 5.01. The average Bonchev–Trinajstić information content (AvgIpc) is 2.93. The standard InChI is InChI=1S/C18H28N2O/c19-15-9-6-11-16(15)20-17-10-4-5-12-18(17)21-13-14-7-2-1-3-8-14/h1-3,7-8,15-18,20H,4-6,9-13,19H2/t15-,16+,17+,18-/m1/s1. The molecule has 0 radical (unpaired) electrons. The van der Waals surface area contributed by atoms with Gasteiger partial charge in [-0.25, -0.2) is 0 Å². The molecule has 1 aromatic rings. The van der Waals surface area contributed by atoms with Crippen molar-refractivity contribution in [1.29, 1.82) is 0 Å². The number of nitrogens with one attached hydrogen (secondary N) is 1. The SMILES string of the molecule is N[C@@H]1CCC[C@@H]1N[C@H]1CCCC[C@H]1OCc1ccccc1. The zero-order valence-corrected chi connectivity index (χ0v) is 12.8. The molecule has 0 amide bonds. The van der Waals surface area contributed by atoms with Crippen molar-refractivity contribution < 1.29 is 4.74 Å². The highest BCUT2D eigenvalue weighted by molar-refractivity contribution is 5.13. The molecule has 0 bridgehead atoms. The van der Waals surface area contributed by atoms with E-state index in [1.807, 2.05) is 0 Å². The number of ether oxygens (including phenoxy) is 1. The smallest absolute Gasteiger partial charge is 0.0732 e. The molecule has 1 aromatic carbocycles. The van der Waals surface area contributed by atoms with Crippen molar-refractivity contribution >= 4 is 0 Å². The minimum absolute atomic E-state index is 0.335. The van der Waals surface area contributed by atoms with Crippen LogP contribution in [0.4, 0.5) is 0 Å². The van der Waals surface area contributed by atoms with Crippen molar-refractivity contribution in [2.24, 2.45) is 5.73 Å². The molecule has 3 heteroatoms. The molecular weight excluding hydrogens is 260 g/mol. The summed E-state index contributed by atoms with van der Waals surface area (Å²) >= 11 is 0. The number of hydrogen-bond donors (Lipinski definition) is 2. The fourth-order valence-corrected chi connectivity index (χ4v) is 3.74. The van der Waals surface area contributed by atoms with Crippen LogP contribution in [0, 0.1) is 0 Å². The Bertz CT molecular complexity index is 422. The Morgan fingerprint density at radius 1 is 0.952 bits per heavy atom. The predicted octanol–water partition coefficient (Wildman–Crippen LogP) is 2.98. The summed E-state index contributed by atoms with van der Waals surface area (Å²) < 4.78 is 6.22. The van der Waals surface area contributed by atoms with Crippen LogP contribution in [0.2, 0.25) is 0 Å². The largest absolute Gasteiger partial charge is 0.372 e. The second-order valence-electron chi connectivity index (χ2n) is 6.59. The van der Waals surface area contributed by atoms with E-state index in [0.717, 1.165) is 6.61 Å². The molecule has 21 heavy (non-hydrogen) atoms. The minimum atomic E-state index is 0.335. The van der Waals surface area contributed by atoms with Crippen molar-refractivity contribution in [2.45, 2.75) is 75.8 Å². The third kappa shape index (κ3) is 4.06. The van der Waals surface area contributed by atoms with Gasteiger partial charge in [0.15, 0.2) is 0 Å². The summed E-state index contributed by atoms with van der Waals surface area (Å²) in [5.74, 6) is 0. The van der Waals surface area contributed by atoms with E-state index in [0.29, 0.717) is 24.2 Å². The molecule has 2 fully saturated rings. The molecule has 3 rings (SSSR count). The maximum atomic E-state index is 6.22. The van der Waals surface area contributed by atoms with Crippen molar-refractivity contribution in [3.63, 3.8) is 0 Å². The summed E-state index contributed by atoms with van der Waals surface area (Å²) in [6.45, 7) is 0.723. The molecule has 0 unspecified atom stereocenters. The Kier molecular flexibility index (Phi) is 5.28. The molecule has 2 saturated carbocycles. The fraction of sp³-hybridized carbons (Fsp3) is 0.667. The molecule has 0 aromatic heterocycles. The lowest BCUT2D eigenvalue weighted by Crippen LogP contribution is -2.52. The Labute approximate surface area is 128 Å². The van der Waals surface area contributed by atoms with Gasteiger partial charge in [-0.1, -0.05) is 49.6 Å². The molecule has 4 atom stereocenters. The van der Waals surface area contributed by atoms with Crippen molar-refractivity contribution in [1.82, 2.24) is 5.32 Å². The Morgan fingerprint density at radius 3 is 2.48 bits per heavy atom. The lowest BCUT2D eigenvalue weighted by Gasteiger charge is -2.35. The van der Waals surface area contributed by atoms with E-state index in [1.165, 1.54) is 50.5 Å². The van der Waals surface area contributed by atoms with Gasteiger partial charge in [0.25, 0.3) is 0 Å². The summed E-state index contributed by atoms with van der Waals surface area (Å²) in [5, 5.41) is 3.80. The van der Waals surface area contributed by atoms with E-state index in [2.05, 4.69) is 35.6 Å². The summed E-state index contributed by atoms with van der Waals surface area (Å²) in [6.07, 6.45) is 8.99. The van der Waals surface area contributed by atoms with E-state index in [1.54, 1.807) is 0 Å². The maximum Gasteiger partial charge on any atom is 0.0732 e. The van der Waals surface area contributed by atoms with Gasteiger partial charge in [-0.2, -0.15) is 0 Å². The van der Waals surface area contributed by atoms with Crippen LogP contribution in [-0.2, 0) is 11.3 Å². The maximum absolute atomic E-state index is 6.22. The van der Waals surface area contributed by atoms with E-state index >= 15 is 0 Å². The topological polar surface area (TPSA) is 47.3 Å². The summed E-state index contributed by atoms with van der Waals surface area (Å²) in [4.78, 5) is 0. The first kappa shape index (κ1) is 15.0. The number of rotatable bonds is 5. The normalized spacial score (nSPS) is 33.2. The molecule has 0 aliphatic heterocycles. The van der Waals surface area contributed by atoms with Crippen LogP contribution >= 0.6 is 0 Å². The minimum Gasteiger partial charge on any atom is -0.372 e. The second kappa shape index (κ2) is 7.39. The van der Waals surface area contributed by atoms with Gasteiger partial charge in [0.1, 0.15) is 0 Å². The molecule has 3 N–H and O–H groups in total. The van der Waals surface area contributed by atoms with Crippen LogP contribution in [0.15, 0.2) is 30.3 Å². The van der Waals surface area contributed by atoms with Crippen LogP contribution < -0.4 is 11.1 Å². The van der Waals surface area contributed by atoms with E-state index in [-0.39, 0.29) is 0 Å². The Hall–Kier alpha value is -0.900. The average molecular weight is 288 g/mol. The third-order valence-electron chi connectivity index (χ3n) is 5.01. The van der Waals surface area contributed by atoms with Gasteiger partial charge in [0.2, 0.25) is 0 Å². The molecule has 0 spiro atoms. The Balaban J connectivity index is 1.54. The fourth-order valence-electron chi connectivity index (χ4n) is 3.74. The highest BCUT2D eigenvalue weighted by atomic mass is 16.5. The van der Waals surface area contributed by atoms with Gasteiger partial charge in [0.05, 0.1) is 12.7 Å². The van der Waals surface area contributed by atoms with E-state index in [9.17, 15) is 0 Å². The number of nitrogens with two attached hydrogens (primary N) is 1. The molecule has 116 valence electrons. The highest BCUT2D eigenvalue weighted by Gasteiger charge is 2.31. The van der Waals surface area contributed by atoms with Crippen LogP contribution in [-0.4, -0.2) is 24.2 Å². The Morgan fingerprint density at radius 2 is 1.71 bits per heavy atom. The van der Waals surface area contributed by atoms with Crippen LogP contribution in [0.3, 0.4) is 0 Å². The van der Waals surface area contributed by atoms with Gasteiger partial charge < -0.3 is 15.8 Å².